The lowest BCUT2D eigenvalue weighted by Gasteiger charge is -2.37. The van der Waals surface area contributed by atoms with E-state index in [1.54, 1.807) is 0 Å². The summed E-state index contributed by atoms with van der Waals surface area (Å²) in [6.07, 6.45) is 1.49. The number of aromatic carboxylic acids is 1. The van der Waals surface area contributed by atoms with Crippen LogP contribution >= 0.6 is 11.6 Å². The van der Waals surface area contributed by atoms with E-state index in [-0.39, 0.29) is 5.56 Å². The number of benzene rings is 1. The van der Waals surface area contributed by atoms with E-state index in [1.807, 2.05) is 29.2 Å². The molecule has 1 aliphatic rings. The molecule has 6 nitrogen and oxygen atoms in total. The second kappa shape index (κ2) is 6.34. The summed E-state index contributed by atoms with van der Waals surface area (Å²) in [7, 11) is 0. The van der Waals surface area contributed by atoms with Crippen LogP contribution in [-0.4, -0.2) is 42.2 Å². The van der Waals surface area contributed by atoms with Crippen molar-refractivity contribution in [3.05, 3.63) is 47.1 Å². The minimum Gasteiger partial charge on any atom is -0.478 e. The number of carboxylic acids is 1. The normalized spacial score (nSPS) is 14.8. The smallest absolute Gasteiger partial charge is 0.339 e. The Labute approximate surface area is 139 Å². The molecule has 0 spiro atoms. The van der Waals surface area contributed by atoms with Gasteiger partial charge in [0.1, 0.15) is 11.4 Å². The number of aromatic nitrogens is 1. The van der Waals surface area contributed by atoms with E-state index >= 15 is 0 Å². The molecule has 0 amide bonds. The van der Waals surface area contributed by atoms with Crippen LogP contribution in [0.2, 0.25) is 5.02 Å². The molecule has 0 saturated carbocycles. The predicted octanol–water partition coefficient (Wildman–Crippen LogP) is 2.34. The molecule has 3 N–H and O–H groups in total. The van der Waals surface area contributed by atoms with Crippen LogP contribution in [0.15, 0.2) is 36.5 Å². The SMILES string of the molecule is Nc1cnc(N2CCN(c3cccc(Cl)c3)CC2)c(C(=O)O)c1. The Balaban J connectivity index is 1.76. The van der Waals surface area contributed by atoms with E-state index in [9.17, 15) is 9.90 Å². The first-order valence-electron chi connectivity index (χ1n) is 7.29. The summed E-state index contributed by atoms with van der Waals surface area (Å²) in [6, 6.07) is 9.17. The fourth-order valence-corrected chi connectivity index (χ4v) is 2.92. The largest absolute Gasteiger partial charge is 0.478 e. The number of hydrogen-bond donors (Lipinski definition) is 2. The molecule has 2 heterocycles. The van der Waals surface area contributed by atoms with E-state index in [0.717, 1.165) is 18.8 Å². The third kappa shape index (κ3) is 3.32. The van der Waals surface area contributed by atoms with E-state index in [2.05, 4.69) is 9.88 Å². The average molecular weight is 333 g/mol. The van der Waals surface area contributed by atoms with Crippen molar-refractivity contribution in [1.82, 2.24) is 4.98 Å². The lowest BCUT2D eigenvalue weighted by Crippen LogP contribution is -2.47. The molecule has 0 bridgehead atoms. The van der Waals surface area contributed by atoms with Gasteiger partial charge in [-0.25, -0.2) is 9.78 Å². The molecule has 1 aromatic heterocycles. The minimum atomic E-state index is -1.02. The Morgan fingerprint density at radius 2 is 1.87 bits per heavy atom. The van der Waals surface area contributed by atoms with E-state index in [4.69, 9.17) is 17.3 Å². The average Bonchev–Trinajstić information content (AvgIpc) is 2.55. The number of carboxylic acid groups (broad SMARTS) is 1. The summed E-state index contributed by atoms with van der Waals surface area (Å²) < 4.78 is 0. The molecule has 23 heavy (non-hydrogen) atoms. The van der Waals surface area contributed by atoms with Crippen LogP contribution in [0.3, 0.4) is 0 Å². The number of hydrogen-bond acceptors (Lipinski definition) is 5. The lowest BCUT2D eigenvalue weighted by molar-refractivity contribution is 0.0697. The molecule has 7 heteroatoms. The van der Waals surface area contributed by atoms with Crippen LogP contribution < -0.4 is 15.5 Å². The fraction of sp³-hybridized carbons (Fsp3) is 0.250. The second-order valence-electron chi connectivity index (χ2n) is 5.40. The summed E-state index contributed by atoms with van der Waals surface area (Å²) in [5.74, 6) is -0.547. The first kappa shape index (κ1) is 15.4. The van der Waals surface area contributed by atoms with Gasteiger partial charge in [0.05, 0.1) is 11.9 Å². The number of nitrogens with zero attached hydrogens (tertiary/aromatic N) is 3. The van der Waals surface area contributed by atoms with Gasteiger partial charge in [-0.2, -0.15) is 0 Å². The first-order chi connectivity index (χ1) is 11.0. The molecular formula is C16H17ClN4O2. The molecule has 1 aromatic carbocycles. The first-order valence-corrected chi connectivity index (χ1v) is 7.66. The Kier molecular flexibility index (Phi) is 4.25. The number of pyridine rings is 1. The van der Waals surface area contributed by atoms with Crippen molar-refractivity contribution in [2.75, 3.05) is 41.7 Å². The van der Waals surface area contributed by atoms with Gasteiger partial charge in [0, 0.05) is 36.9 Å². The third-order valence-corrected chi connectivity index (χ3v) is 4.11. The standard InChI is InChI=1S/C16H17ClN4O2/c17-11-2-1-3-13(8-11)20-4-6-21(7-5-20)15-14(16(22)23)9-12(18)10-19-15/h1-3,8-10H,4-7,18H2,(H,22,23). The summed E-state index contributed by atoms with van der Waals surface area (Å²) in [5.41, 5.74) is 7.20. The third-order valence-electron chi connectivity index (χ3n) is 3.87. The summed E-state index contributed by atoms with van der Waals surface area (Å²) in [5, 5.41) is 10.0. The highest BCUT2D eigenvalue weighted by molar-refractivity contribution is 6.30. The van der Waals surface area contributed by atoms with Crippen molar-refractivity contribution in [2.45, 2.75) is 0 Å². The molecule has 1 saturated heterocycles. The van der Waals surface area contributed by atoms with Crippen LogP contribution in [-0.2, 0) is 0 Å². The molecule has 0 atom stereocenters. The maximum atomic E-state index is 11.4. The highest BCUT2D eigenvalue weighted by Crippen LogP contribution is 2.24. The van der Waals surface area contributed by atoms with Crippen LogP contribution in [0.4, 0.5) is 17.2 Å². The van der Waals surface area contributed by atoms with Crippen molar-refractivity contribution < 1.29 is 9.90 Å². The Morgan fingerprint density at radius 3 is 2.52 bits per heavy atom. The monoisotopic (exact) mass is 332 g/mol. The predicted molar refractivity (Wildman–Crippen MR) is 91.5 cm³/mol. The lowest BCUT2D eigenvalue weighted by atomic mass is 10.2. The van der Waals surface area contributed by atoms with Gasteiger partial charge in [0.15, 0.2) is 0 Å². The summed E-state index contributed by atoms with van der Waals surface area (Å²) in [4.78, 5) is 19.8. The molecule has 2 aromatic rings. The molecular weight excluding hydrogens is 316 g/mol. The highest BCUT2D eigenvalue weighted by atomic mass is 35.5. The summed E-state index contributed by atoms with van der Waals surface area (Å²) >= 11 is 6.03. The van der Waals surface area contributed by atoms with Gasteiger partial charge in [0.2, 0.25) is 0 Å². The zero-order valence-corrected chi connectivity index (χ0v) is 13.2. The Bertz CT molecular complexity index is 730. The number of carbonyl (C=O) groups is 1. The van der Waals surface area contributed by atoms with Gasteiger partial charge in [-0.05, 0) is 24.3 Å². The van der Waals surface area contributed by atoms with Crippen molar-refractivity contribution in [1.29, 1.82) is 0 Å². The summed E-state index contributed by atoms with van der Waals surface area (Å²) in [6.45, 7) is 2.91. The Hall–Kier alpha value is -2.47. The van der Waals surface area contributed by atoms with Crippen molar-refractivity contribution >= 4 is 34.8 Å². The van der Waals surface area contributed by atoms with E-state index < -0.39 is 5.97 Å². The maximum Gasteiger partial charge on any atom is 0.339 e. The quantitative estimate of drug-likeness (QED) is 0.897. The van der Waals surface area contributed by atoms with E-state index in [0.29, 0.717) is 29.6 Å². The van der Waals surface area contributed by atoms with Crippen molar-refractivity contribution in [3.8, 4) is 0 Å². The minimum absolute atomic E-state index is 0.140. The second-order valence-corrected chi connectivity index (χ2v) is 5.84. The van der Waals surface area contributed by atoms with Gasteiger partial charge in [0.25, 0.3) is 0 Å². The number of rotatable bonds is 3. The van der Waals surface area contributed by atoms with Crippen LogP contribution in [0.5, 0.6) is 0 Å². The fourth-order valence-electron chi connectivity index (χ4n) is 2.73. The molecule has 120 valence electrons. The zero-order chi connectivity index (χ0) is 16.4. The van der Waals surface area contributed by atoms with Crippen molar-refractivity contribution in [3.63, 3.8) is 0 Å². The zero-order valence-electron chi connectivity index (χ0n) is 12.4. The number of halogens is 1. The molecule has 1 aliphatic heterocycles. The molecule has 1 fully saturated rings. The Morgan fingerprint density at radius 1 is 1.17 bits per heavy atom. The van der Waals surface area contributed by atoms with Gasteiger partial charge in [-0.3, -0.25) is 0 Å². The number of nitrogens with two attached hydrogens (primary N) is 1. The van der Waals surface area contributed by atoms with Gasteiger partial charge in [-0.1, -0.05) is 17.7 Å². The number of nitrogen functional groups attached to an aromatic ring is 1. The van der Waals surface area contributed by atoms with Gasteiger partial charge in [-0.15, -0.1) is 0 Å². The molecule has 3 rings (SSSR count). The van der Waals surface area contributed by atoms with Crippen LogP contribution in [0.25, 0.3) is 0 Å². The molecule has 0 radical (unpaired) electrons. The van der Waals surface area contributed by atoms with Crippen molar-refractivity contribution in [2.24, 2.45) is 0 Å². The molecule has 0 unspecified atom stereocenters. The van der Waals surface area contributed by atoms with Gasteiger partial charge >= 0.3 is 5.97 Å². The van der Waals surface area contributed by atoms with E-state index in [1.165, 1.54) is 12.3 Å². The number of anilines is 3. The van der Waals surface area contributed by atoms with Crippen LogP contribution in [0, 0.1) is 0 Å². The number of piperazine rings is 1. The molecule has 0 aliphatic carbocycles. The van der Waals surface area contributed by atoms with Crippen LogP contribution in [0.1, 0.15) is 10.4 Å². The van der Waals surface area contributed by atoms with Gasteiger partial charge < -0.3 is 20.6 Å². The highest BCUT2D eigenvalue weighted by Gasteiger charge is 2.23. The maximum absolute atomic E-state index is 11.4. The topological polar surface area (TPSA) is 82.7 Å².